The number of hydrogen-bond acceptors (Lipinski definition) is 3. The van der Waals surface area contributed by atoms with Crippen LogP contribution in [0.5, 0.6) is 0 Å². The third kappa shape index (κ3) is 2.76. The highest BCUT2D eigenvalue weighted by Gasteiger charge is 2.42. The molecule has 1 heterocycles. The summed E-state index contributed by atoms with van der Waals surface area (Å²) in [6.07, 6.45) is 3.12. The Morgan fingerprint density at radius 3 is 2.53 bits per heavy atom. The molecule has 19 heavy (non-hydrogen) atoms. The van der Waals surface area contributed by atoms with Gasteiger partial charge >= 0.3 is 5.97 Å². The molecule has 2 rings (SSSR count). The van der Waals surface area contributed by atoms with Crippen molar-refractivity contribution in [2.24, 2.45) is 17.8 Å². The first-order chi connectivity index (χ1) is 9.06. The zero-order valence-electron chi connectivity index (χ0n) is 11.7. The standard InChI is InChI=1S/C14H23NO4/c1-3-15(12-8-19-7-11(12)14(17)18)13(16)10-6-4-5-9(10)2/h9-12H,3-8H2,1-2H3,(H,17,18). The van der Waals surface area contributed by atoms with Crippen molar-refractivity contribution in [2.45, 2.75) is 39.2 Å². The van der Waals surface area contributed by atoms with Crippen LogP contribution in [0.2, 0.25) is 0 Å². The fraction of sp³-hybridized carbons (Fsp3) is 0.857. The summed E-state index contributed by atoms with van der Waals surface area (Å²) in [5.74, 6) is -0.856. The summed E-state index contributed by atoms with van der Waals surface area (Å²) in [5, 5.41) is 9.21. The summed E-state index contributed by atoms with van der Waals surface area (Å²) in [6.45, 7) is 5.14. The molecule has 1 N–H and O–H groups in total. The van der Waals surface area contributed by atoms with E-state index in [1.54, 1.807) is 4.90 Å². The molecule has 4 unspecified atom stereocenters. The summed E-state index contributed by atoms with van der Waals surface area (Å²) in [5.41, 5.74) is 0. The Morgan fingerprint density at radius 1 is 1.26 bits per heavy atom. The molecule has 0 bridgehead atoms. The average molecular weight is 269 g/mol. The molecule has 2 aliphatic rings. The quantitative estimate of drug-likeness (QED) is 0.837. The van der Waals surface area contributed by atoms with Gasteiger partial charge in [0, 0.05) is 12.5 Å². The number of aliphatic carboxylic acids is 1. The predicted octanol–water partition coefficient (Wildman–Crippen LogP) is 1.37. The maximum Gasteiger partial charge on any atom is 0.311 e. The summed E-state index contributed by atoms with van der Waals surface area (Å²) in [6, 6.07) is -0.303. The second kappa shape index (κ2) is 5.90. The van der Waals surface area contributed by atoms with E-state index in [-0.39, 0.29) is 24.5 Å². The van der Waals surface area contributed by atoms with Gasteiger partial charge in [-0.1, -0.05) is 13.3 Å². The Morgan fingerprint density at radius 2 is 2.00 bits per heavy atom. The number of amides is 1. The smallest absolute Gasteiger partial charge is 0.311 e. The molecule has 4 atom stereocenters. The van der Waals surface area contributed by atoms with Crippen LogP contribution in [0, 0.1) is 17.8 Å². The summed E-state index contributed by atoms with van der Waals surface area (Å²) in [7, 11) is 0. The number of carbonyl (C=O) groups is 2. The van der Waals surface area contributed by atoms with Crippen LogP contribution in [-0.4, -0.2) is 47.7 Å². The van der Waals surface area contributed by atoms with Crippen molar-refractivity contribution in [3.8, 4) is 0 Å². The number of likely N-dealkylation sites (N-methyl/N-ethyl adjacent to an activating group) is 1. The van der Waals surface area contributed by atoms with Gasteiger partial charge in [0.1, 0.15) is 5.92 Å². The molecule has 1 saturated carbocycles. The second-order valence-electron chi connectivity index (χ2n) is 5.69. The first-order valence-electron chi connectivity index (χ1n) is 7.17. The van der Waals surface area contributed by atoms with E-state index in [0.717, 1.165) is 19.3 Å². The van der Waals surface area contributed by atoms with E-state index in [0.29, 0.717) is 19.1 Å². The van der Waals surface area contributed by atoms with Crippen molar-refractivity contribution < 1.29 is 19.4 Å². The number of carboxylic acids is 1. The van der Waals surface area contributed by atoms with Crippen LogP contribution < -0.4 is 0 Å². The highest BCUT2D eigenvalue weighted by Crippen LogP contribution is 2.34. The molecule has 2 fully saturated rings. The highest BCUT2D eigenvalue weighted by atomic mass is 16.5. The number of ether oxygens (including phenoxy) is 1. The first kappa shape index (κ1) is 14.3. The lowest BCUT2D eigenvalue weighted by molar-refractivity contribution is -0.146. The minimum Gasteiger partial charge on any atom is -0.481 e. The topological polar surface area (TPSA) is 66.8 Å². The van der Waals surface area contributed by atoms with Crippen molar-refractivity contribution >= 4 is 11.9 Å². The molecule has 1 amide bonds. The van der Waals surface area contributed by atoms with Crippen molar-refractivity contribution in [1.82, 2.24) is 4.90 Å². The number of carboxylic acid groups (broad SMARTS) is 1. The first-order valence-corrected chi connectivity index (χ1v) is 7.17. The molecule has 0 spiro atoms. The van der Waals surface area contributed by atoms with E-state index in [1.807, 2.05) is 6.92 Å². The SMILES string of the molecule is CCN(C(=O)C1CCCC1C)C1COCC1C(=O)O. The number of rotatable bonds is 4. The monoisotopic (exact) mass is 269 g/mol. The molecule has 5 nitrogen and oxygen atoms in total. The van der Waals surface area contributed by atoms with Crippen molar-refractivity contribution in [1.29, 1.82) is 0 Å². The third-order valence-electron chi connectivity index (χ3n) is 4.57. The van der Waals surface area contributed by atoms with Gasteiger partial charge < -0.3 is 14.7 Å². The Labute approximate surface area is 113 Å². The van der Waals surface area contributed by atoms with Crippen LogP contribution in [0.3, 0.4) is 0 Å². The zero-order chi connectivity index (χ0) is 14.0. The van der Waals surface area contributed by atoms with E-state index in [4.69, 9.17) is 4.74 Å². The van der Waals surface area contributed by atoms with E-state index < -0.39 is 11.9 Å². The fourth-order valence-corrected chi connectivity index (χ4v) is 3.37. The van der Waals surface area contributed by atoms with Crippen LogP contribution in [0.25, 0.3) is 0 Å². The number of hydrogen-bond donors (Lipinski definition) is 1. The predicted molar refractivity (Wildman–Crippen MR) is 69.6 cm³/mol. The zero-order valence-corrected chi connectivity index (χ0v) is 11.7. The molecule has 1 saturated heterocycles. The van der Waals surface area contributed by atoms with Gasteiger partial charge in [-0.05, 0) is 25.7 Å². The van der Waals surface area contributed by atoms with Gasteiger partial charge in [-0.25, -0.2) is 0 Å². The van der Waals surface area contributed by atoms with E-state index in [9.17, 15) is 14.7 Å². The number of nitrogens with zero attached hydrogens (tertiary/aromatic N) is 1. The molecule has 0 aromatic carbocycles. The molecule has 1 aliphatic heterocycles. The molecule has 108 valence electrons. The normalized spacial score (nSPS) is 34.4. The van der Waals surface area contributed by atoms with Crippen molar-refractivity contribution in [2.75, 3.05) is 19.8 Å². The lowest BCUT2D eigenvalue weighted by Gasteiger charge is -2.32. The van der Waals surface area contributed by atoms with Gasteiger partial charge in [0.05, 0.1) is 19.3 Å². The molecular weight excluding hydrogens is 246 g/mol. The molecular formula is C14H23NO4. The lowest BCUT2D eigenvalue weighted by Crippen LogP contribution is -2.49. The number of carbonyl (C=O) groups excluding carboxylic acids is 1. The Hall–Kier alpha value is -1.10. The average Bonchev–Trinajstić information content (AvgIpc) is 2.98. The van der Waals surface area contributed by atoms with Gasteiger partial charge in [-0.3, -0.25) is 9.59 Å². The van der Waals surface area contributed by atoms with Crippen LogP contribution in [0.1, 0.15) is 33.1 Å². The van der Waals surface area contributed by atoms with Crippen LogP contribution in [0.4, 0.5) is 0 Å². The largest absolute Gasteiger partial charge is 0.481 e. The van der Waals surface area contributed by atoms with E-state index >= 15 is 0 Å². The molecule has 0 radical (unpaired) electrons. The van der Waals surface area contributed by atoms with Crippen molar-refractivity contribution in [3.63, 3.8) is 0 Å². The van der Waals surface area contributed by atoms with Crippen LogP contribution in [-0.2, 0) is 14.3 Å². The van der Waals surface area contributed by atoms with Gasteiger partial charge in [0.15, 0.2) is 0 Å². The minimum absolute atomic E-state index is 0.0648. The maximum absolute atomic E-state index is 12.6. The summed E-state index contributed by atoms with van der Waals surface area (Å²) < 4.78 is 5.28. The van der Waals surface area contributed by atoms with E-state index in [1.165, 1.54) is 0 Å². The minimum atomic E-state index is -0.867. The maximum atomic E-state index is 12.6. The Balaban J connectivity index is 2.10. The molecule has 0 aromatic rings. The van der Waals surface area contributed by atoms with Gasteiger partial charge in [0.25, 0.3) is 0 Å². The summed E-state index contributed by atoms with van der Waals surface area (Å²) >= 11 is 0. The molecule has 1 aliphatic carbocycles. The van der Waals surface area contributed by atoms with Crippen LogP contribution >= 0.6 is 0 Å². The third-order valence-corrected chi connectivity index (χ3v) is 4.57. The summed E-state index contributed by atoms with van der Waals surface area (Å²) in [4.78, 5) is 25.6. The van der Waals surface area contributed by atoms with Crippen molar-refractivity contribution in [3.05, 3.63) is 0 Å². The Kier molecular flexibility index (Phi) is 4.45. The van der Waals surface area contributed by atoms with Gasteiger partial charge in [-0.2, -0.15) is 0 Å². The van der Waals surface area contributed by atoms with Crippen LogP contribution in [0.15, 0.2) is 0 Å². The lowest BCUT2D eigenvalue weighted by atomic mass is 9.94. The van der Waals surface area contributed by atoms with Gasteiger partial charge in [-0.15, -0.1) is 0 Å². The highest BCUT2D eigenvalue weighted by molar-refractivity contribution is 5.81. The fourth-order valence-electron chi connectivity index (χ4n) is 3.37. The molecule has 0 aromatic heterocycles. The second-order valence-corrected chi connectivity index (χ2v) is 5.69. The van der Waals surface area contributed by atoms with Gasteiger partial charge in [0.2, 0.25) is 5.91 Å². The Bertz CT molecular complexity index is 357. The molecule has 5 heteroatoms. The van der Waals surface area contributed by atoms with E-state index in [2.05, 4.69) is 6.92 Å².